The minimum atomic E-state index is -0.303. The first-order valence-corrected chi connectivity index (χ1v) is 8.73. The van der Waals surface area contributed by atoms with E-state index in [0.717, 1.165) is 15.7 Å². The van der Waals surface area contributed by atoms with Crippen LogP contribution in [-0.4, -0.2) is 19.9 Å². The molecule has 0 N–H and O–H groups in total. The van der Waals surface area contributed by atoms with E-state index in [1.165, 1.54) is 6.07 Å². The van der Waals surface area contributed by atoms with Crippen molar-refractivity contribution in [3.8, 4) is 28.7 Å². The molecule has 8 heteroatoms. The Kier molecular flexibility index (Phi) is 4.40. The second-order valence-corrected chi connectivity index (χ2v) is 6.74. The SMILES string of the molecule is O=c1ccn(-c2cccc(Br)c2)nc1-c1nc(-c2ccc(Cl)cc2)no1. The zero-order valence-electron chi connectivity index (χ0n) is 13.1. The van der Waals surface area contributed by atoms with Crippen LogP contribution < -0.4 is 5.43 Å². The van der Waals surface area contributed by atoms with Crippen molar-refractivity contribution < 1.29 is 4.52 Å². The van der Waals surface area contributed by atoms with E-state index in [4.69, 9.17) is 16.1 Å². The quantitative estimate of drug-likeness (QED) is 0.483. The Morgan fingerprint density at radius 1 is 1.08 bits per heavy atom. The van der Waals surface area contributed by atoms with E-state index in [9.17, 15) is 4.79 Å². The molecule has 2 aromatic carbocycles. The second-order valence-electron chi connectivity index (χ2n) is 5.38. The standard InChI is InChI=1S/C18H10BrClN4O2/c19-12-2-1-3-14(10-12)24-9-8-15(25)16(22-24)18-21-17(23-26-18)11-4-6-13(20)7-5-11/h1-10H. The Hall–Kier alpha value is -2.77. The van der Waals surface area contributed by atoms with E-state index < -0.39 is 0 Å². The molecule has 0 aliphatic heterocycles. The third-order valence-electron chi connectivity index (χ3n) is 3.61. The van der Waals surface area contributed by atoms with Crippen molar-refractivity contribution in [2.45, 2.75) is 0 Å². The van der Waals surface area contributed by atoms with Gasteiger partial charge >= 0.3 is 0 Å². The third kappa shape index (κ3) is 3.31. The summed E-state index contributed by atoms with van der Waals surface area (Å²) in [6.45, 7) is 0. The molecule has 0 aliphatic carbocycles. The van der Waals surface area contributed by atoms with Gasteiger partial charge in [0.15, 0.2) is 5.69 Å². The van der Waals surface area contributed by atoms with Crippen LogP contribution in [0.15, 0.2) is 74.6 Å². The molecule has 0 amide bonds. The lowest BCUT2D eigenvalue weighted by Crippen LogP contribution is -2.12. The molecule has 26 heavy (non-hydrogen) atoms. The van der Waals surface area contributed by atoms with Crippen LogP contribution >= 0.6 is 27.5 Å². The van der Waals surface area contributed by atoms with Gasteiger partial charge in [-0.3, -0.25) is 4.79 Å². The van der Waals surface area contributed by atoms with Crippen LogP contribution in [0.4, 0.5) is 0 Å². The van der Waals surface area contributed by atoms with Crippen molar-refractivity contribution in [2.24, 2.45) is 0 Å². The maximum Gasteiger partial charge on any atom is 0.282 e. The largest absolute Gasteiger partial charge is 0.332 e. The lowest BCUT2D eigenvalue weighted by atomic mass is 10.2. The number of aromatic nitrogens is 4. The van der Waals surface area contributed by atoms with Crippen molar-refractivity contribution in [1.29, 1.82) is 0 Å². The van der Waals surface area contributed by atoms with Gasteiger partial charge in [-0.05, 0) is 42.5 Å². The topological polar surface area (TPSA) is 73.8 Å². The number of nitrogens with zero attached hydrogens (tertiary/aromatic N) is 4. The van der Waals surface area contributed by atoms with Gasteiger partial charge in [0, 0.05) is 27.3 Å². The molecular weight excluding hydrogens is 420 g/mol. The van der Waals surface area contributed by atoms with Gasteiger partial charge in [-0.25, -0.2) is 4.68 Å². The molecule has 2 aromatic heterocycles. The molecule has 0 bridgehead atoms. The van der Waals surface area contributed by atoms with Crippen LogP contribution in [0, 0.1) is 0 Å². The van der Waals surface area contributed by atoms with Crippen molar-refractivity contribution in [1.82, 2.24) is 19.9 Å². The number of halogens is 2. The van der Waals surface area contributed by atoms with Crippen molar-refractivity contribution in [3.05, 3.63) is 80.5 Å². The Labute approximate surface area is 161 Å². The molecule has 2 heterocycles. The molecule has 0 unspecified atom stereocenters. The summed E-state index contributed by atoms with van der Waals surface area (Å²) in [7, 11) is 0. The first-order valence-electron chi connectivity index (χ1n) is 7.56. The summed E-state index contributed by atoms with van der Waals surface area (Å²) in [6, 6.07) is 16.0. The fourth-order valence-electron chi connectivity index (χ4n) is 2.35. The highest BCUT2D eigenvalue weighted by molar-refractivity contribution is 9.10. The van der Waals surface area contributed by atoms with E-state index in [-0.39, 0.29) is 17.0 Å². The zero-order valence-corrected chi connectivity index (χ0v) is 15.5. The zero-order chi connectivity index (χ0) is 18.1. The smallest absolute Gasteiger partial charge is 0.282 e. The number of hydrogen-bond donors (Lipinski definition) is 0. The highest BCUT2D eigenvalue weighted by Crippen LogP contribution is 2.21. The van der Waals surface area contributed by atoms with Crippen molar-refractivity contribution in [3.63, 3.8) is 0 Å². The predicted octanol–water partition coefficient (Wildman–Crippen LogP) is 4.37. The molecule has 4 aromatic rings. The summed E-state index contributed by atoms with van der Waals surface area (Å²) < 4.78 is 7.73. The fraction of sp³-hybridized carbons (Fsp3) is 0. The highest BCUT2D eigenvalue weighted by atomic mass is 79.9. The summed E-state index contributed by atoms with van der Waals surface area (Å²) in [5.74, 6) is 0.417. The molecule has 0 fully saturated rings. The minimum absolute atomic E-state index is 0.0595. The van der Waals surface area contributed by atoms with Gasteiger partial charge in [0.25, 0.3) is 5.89 Å². The van der Waals surface area contributed by atoms with Crippen LogP contribution in [-0.2, 0) is 0 Å². The van der Waals surface area contributed by atoms with Gasteiger partial charge in [0.1, 0.15) is 0 Å². The maximum absolute atomic E-state index is 12.2. The van der Waals surface area contributed by atoms with Crippen LogP contribution in [0.2, 0.25) is 5.02 Å². The minimum Gasteiger partial charge on any atom is -0.332 e. The van der Waals surface area contributed by atoms with Crippen LogP contribution in [0.25, 0.3) is 28.7 Å². The second kappa shape index (κ2) is 6.86. The van der Waals surface area contributed by atoms with Gasteiger partial charge in [-0.15, -0.1) is 0 Å². The van der Waals surface area contributed by atoms with E-state index in [0.29, 0.717) is 10.8 Å². The molecule has 0 saturated heterocycles. The normalized spacial score (nSPS) is 10.8. The summed E-state index contributed by atoms with van der Waals surface area (Å²) in [5, 5.41) is 8.88. The van der Waals surface area contributed by atoms with Crippen molar-refractivity contribution in [2.75, 3.05) is 0 Å². The third-order valence-corrected chi connectivity index (χ3v) is 4.36. The molecule has 0 aliphatic rings. The average Bonchev–Trinajstić information content (AvgIpc) is 3.12. The Morgan fingerprint density at radius 3 is 2.65 bits per heavy atom. The Morgan fingerprint density at radius 2 is 1.88 bits per heavy atom. The van der Waals surface area contributed by atoms with Gasteiger partial charge in [-0.2, -0.15) is 10.1 Å². The summed E-state index contributed by atoms with van der Waals surface area (Å²) in [4.78, 5) is 16.5. The fourth-order valence-corrected chi connectivity index (χ4v) is 2.87. The van der Waals surface area contributed by atoms with E-state index in [1.54, 1.807) is 35.1 Å². The molecule has 0 spiro atoms. The monoisotopic (exact) mass is 428 g/mol. The predicted molar refractivity (Wildman–Crippen MR) is 101 cm³/mol. The van der Waals surface area contributed by atoms with Gasteiger partial charge in [0.05, 0.1) is 5.69 Å². The summed E-state index contributed by atoms with van der Waals surface area (Å²) in [6.07, 6.45) is 1.59. The lowest BCUT2D eigenvalue weighted by molar-refractivity contribution is 0.429. The van der Waals surface area contributed by atoms with E-state index in [2.05, 4.69) is 31.2 Å². The molecule has 6 nitrogen and oxygen atoms in total. The first-order chi connectivity index (χ1) is 12.6. The van der Waals surface area contributed by atoms with E-state index >= 15 is 0 Å². The Bertz CT molecular complexity index is 1140. The molecule has 0 radical (unpaired) electrons. The molecule has 0 saturated carbocycles. The number of rotatable bonds is 3. The molecule has 128 valence electrons. The van der Waals surface area contributed by atoms with Crippen LogP contribution in [0.5, 0.6) is 0 Å². The number of benzene rings is 2. The van der Waals surface area contributed by atoms with Crippen LogP contribution in [0.1, 0.15) is 0 Å². The van der Waals surface area contributed by atoms with Gasteiger partial charge in [-0.1, -0.05) is 38.8 Å². The first kappa shape index (κ1) is 16.7. The highest BCUT2D eigenvalue weighted by Gasteiger charge is 2.16. The van der Waals surface area contributed by atoms with Gasteiger partial charge in [0.2, 0.25) is 11.3 Å². The van der Waals surface area contributed by atoms with E-state index in [1.807, 2.05) is 24.3 Å². The number of hydrogen-bond acceptors (Lipinski definition) is 5. The van der Waals surface area contributed by atoms with Gasteiger partial charge < -0.3 is 4.52 Å². The maximum atomic E-state index is 12.2. The lowest BCUT2D eigenvalue weighted by Gasteiger charge is -2.06. The van der Waals surface area contributed by atoms with Crippen molar-refractivity contribution >= 4 is 27.5 Å². The molecule has 4 rings (SSSR count). The summed E-state index contributed by atoms with van der Waals surface area (Å²) >= 11 is 9.30. The van der Waals surface area contributed by atoms with Crippen LogP contribution in [0.3, 0.4) is 0 Å². The summed E-state index contributed by atoms with van der Waals surface area (Å²) in [5.41, 5.74) is 1.30. The molecular formula is C18H10BrClN4O2. The molecule has 0 atom stereocenters. The average molecular weight is 430 g/mol. The Balaban J connectivity index is 1.75.